The molecule has 0 saturated carbocycles. The molecule has 1 aliphatic heterocycles. The molecule has 0 saturated heterocycles. The summed E-state index contributed by atoms with van der Waals surface area (Å²) in [6, 6.07) is 25.5. The summed E-state index contributed by atoms with van der Waals surface area (Å²) in [5.74, 6) is -0.284. The van der Waals surface area contributed by atoms with Crippen molar-refractivity contribution in [1.29, 1.82) is 0 Å². The molecule has 34 heavy (non-hydrogen) atoms. The maximum absolute atomic E-state index is 13.6. The van der Waals surface area contributed by atoms with Crippen LogP contribution in [0.1, 0.15) is 24.1 Å². The molecule has 1 unspecified atom stereocenters. The average Bonchev–Trinajstić information content (AvgIpc) is 3.15. The van der Waals surface area contributed by atoms with Crippen LogP contribution in [-0.4, -0.2) is 10.5 Å². The predicted octanol–water partition coefficient (Wildman–Crippen LogP) is 4.53. The molecule has 1 aromatic heterocycles. The molecule has 0 spiro atoms. The number of benzene rings is 3. The molecule has 7 heteroatoms. The van der Waals surface area contributed by atoms with Crippen LogP contribution < -0.4 is 20.2 Å². The third-order valence-electron chi connectivity index (χ3n) is 5.58. The molecule has 0 radical (unpaired) electrons. The van der Waals surface area contributed by atoms with Crippen molar-refractivity contribution < 1.29 is 4.79 Å². The Morgan fingerprint density at radius 2 is 1.65 bits per heavy atom. The second kappa shape index (κ2) is 9.25. The third kappa shape index (κ3) is 4.25. The van der Waals surface area contributed by atoms with Crippen molar-refractivity contribution >= 4 is 40.6 Å². The maximum Gasteiger partial charge on any atom is 0.271 e. The van der Waals surface area contributed by atoms with Crippen molar-refractivity contribution in [3.63, 3.8) is 0 Å². The lowest BCUT2D eigenvalue weighted by molar-refractivity contribution is -0.113. The number of amides is 1. The number of allylic oxidation sites excluding steroid dienone is 1. The van der Waals surface area contributed by atoms with Crippen LogP contribution in [-0.2, 0) is 4.79 Å². The molecule has 1 aliphatic rings. The summed E-state index contributed by atoms with van der Waals surface area (Å²) in [7, 11) is 0. The lowest BCUT2D eigenvalue weighted by atomic mass is 9.95. The van der Waals surface area contributed by atoms with Gasteiger partial charge in [0.25, 0.3) is 11.5 Å². The van der Waals surface area contributed by atoms with E-state index in [1.165, 1.54) is 11.3 Å². The molecule has 168 valence electrons. The summed E-state index contributed by atoms with van der Waals surface area (Å²) in [5, 5.41) is 3.59. The summed E-state index contributed by atoms with van der Waals surface area (Å²) in [4.78, 5) is 32.3. The number of hydrogen-bond donors (Lipinski definition) is 1. The second-order valence-electron chi connectivity index (χ2n) is 7.86. The monoisotopic (exact) mass is 485 g/mol. The van der Waals surface area contributed by atoms with Crippen LogP contribution in [0.4, 0.5) is 5.69 Å². The molecule has 1 N–H and O–H groups in total. The second-order valence-corrected chi connectivity index (χ2v) is 9.31. The zero-order valence-corrected chi connectivity index (χ0v) is 19.8. The van der Waals surface area contributed by atoms with Gasteiger partial charge in [-0.15, -0.1) is 0 Å². The van der Waals surface area contributed by atoms with E-state index < -0.39 is 6.04 Å². The first-order chi connectivity index (χ1) is 16.5. The SMILES string of the molecule is CC1=C(C(=O)Nc2ccccc2)C(c2ccccc2)n2c(s/c(=C\c3ccc(Cl)cc3)c2=O)=N1. The van der Waals surface area contributed by atoms with Gasteiger partial charge >= 0.3 is 0 Å². The van der Waals surface area contributed by atoms with Crippen LogP contribution in [0, 0.1) is 0 Å². The zero-order chi connectivity index (χ0) is 23.7. The third-order valence-corrected chi connectivity index (χ3v) is 6.82. The first kappa shape index (κ1) is 22.1. The Hall–Kier alpha value is -3.74. The number of carbonyl (C=O) groups excluding carboxylic acids is 1. The normalized spacial score (nSPS) is 15.6. The number of nitrogens with one attached hydrogen (secondary N) is 1. The lowest BCUT2D eigenvalue weighted by Crippen LogP contribution is -2.40. The van der Waals surface area contributed by atoms with E-state index in [1.807, 2.05) is 85.8 Å². The lowest BCUT2D eigenvalue weighted by Gasteiger charge is -2.25. The molecule has 2 heterocycles. The number of halogens is 1. The van der Waals surface area contributed by atoms with Gasteiger partial charge < -0.3 is 5.32 Å². The molecular weight excluding hydrogens is 466 g/mol. The van der Waals surface area contributed by atoms with Gasteiger partial charge in [0, 0.05) is 10.7 Å². The van der Waals surface area contributed by atoms with E-state index in [9.17, 15) is 9.59 Å². The van der Waals surface area contributed by atoms with Crippen molar-refractivity contribution in [2.45, 2.75) is 13.0 Å². The molecule has 0 aliphatic carbocycles. The van der Waals surface area contributed by atoms with Crippen LogP contribution >= 0.6 is 22.9 Å². The van der Waals surface area contributed by atoms with Crippen molar-refractivity contribution in [3.8, 4) is 0 Å². The van der Waals surface area contributed by atoms with Gasteiger partial charge in [0.15, 0.2) is 4.80 Å². The highest BCUT2D eigenvalue weighted by Crippen LogP contribution is 2.30. The first-order valence-corrected chi connectivity index (χ1v) is 11.9. The fourth-order valence-electron chi connectivity index (χ4n) is 3.99. The minimum atomic E-state index is -0.589. The molecule has 1 atom stereocenters. The predicted molar refractivity (Wildman–Crippen MR) is 137 cm³/mol. The number of rotatable bonds is 4. The number of fused-ring (bicyclic) bond motifs is 1. The van der Waals surface area contributed by atoms with E-state index >= 15 is 0 Å². The highest BCUT2D eigenvalue weighted by atomic mass is 35.5. The number of nitrogens with zero attached hydrogens (tertiary/aromatic N) is 2. The summed E-state index contributed by atoms with van der Waals surface area (Å²) in [6.45, 7) is 1.81. The Bertz CT molecular complexity index is 1570. The fourth-order valence-corrected chi connectivity index (χ4v) is 5.17. The number of hydrogen-bond acceptors (Lipinski definition) is 4. The number of aromatic nitrogens is 1. The van der Waals surface area contributed by atoms with Crippen LogP contribution in [0.5, 0.6) is 0 Å². The Morgan fingerprint density at radius 1 is 1.00 bits per heavy atom. The van der Waals surface area contributed by atoms with Crippen molar-refractivity contribution in [2.24, 2.45) is 4.99 Å². The van der Waals surface area contributed by atoms with Gasteiger partial charge in [0.2, 0.25) is 0 Å². The van der Waals surface area contributed by atoms with Gasteiger partial charge in [-0.05, 0) is 48.4 Å². The molecule has 5 rings (SSSR count). The van der Waals surface area contributed by atoms with Gasteiger partial charge in [0.1, 0.15) is 0 Å². The topological polar surface area (TPSA) is 63.5 Å². The molecule has 1 amide bonds. The Balaban J connectivity index is 1.66. The molecule has 4 aromatic rings. The first-order valence-electron chi connectivity index (χ1n) is 10.7. The van der Waals surface area contributed by atoms with Crippen molar-refractivity contribution in [1.82, 2.24) is 4.57 Å². The van der Waals surface area contributed by atoms with E-state index in [2.05, 4.69) is 10.3 Å². The van der Waals surface area contributed by atoms with Crippen LogP contribution in [0.3, 0.4) is 0 Å². The molecule has 0 fully saturated rings. The summed E-state index contributed by atoms with van der Waals surface area (Å²) in [5.41, 5.74) is 3.23. The van der Waals surface area contributed by atoms with Gasteiger partial charge in [-0.2, -0.15) is 0 Å². The van der Waals surface area contributed by atoms with Gasteiger partial charge in [-0.1, -0.05) is 83.6 Å². The standard InChI is InChI=1S/C27H20ClN3O2S/c1-17-23(25(32)30-21-10-6-3-7-11-21)24(19-8-4-2-5-9-19)31-26(33)22(34-27(31)29-17)16-18-12-14-20(28)15-13-18/h2-16,24H,1H3,(H,30,32)/b22-16-. The highest BCUT2D eigenvalue weighted by molar-refractivity contribution is 7.07. The Labute approximate surface area is 205 Å². The van der Waals surface area contributed by atoms with E-state index in [4.69, 9.17) is 11.6 Å². The Morgan fingerprint density at radius 3 is 2.32 bits per heavy atom. The minimum absolute atomic E-state index is 0.190. The number of anilines is 1. The summed E-state index contributed by atoms with van der Waals surface area (Å²) < 4.78 is 2.16. The van der Waals surface area contributed by atoms with Crippen molar-refractivity contribution in [3.05, 3.63) is 132 Å². The van der Waals surface area contributed by atoms with E-state index in [0.29, 0.717) is 31.3 Å². The highest BCUT2D eigenvalue weighted by Gasteiger charge is 2.32. The van der Waals surface area contributed by atoms with Crippen LogP contribution in [0.2, 0.25) is 5.02 Å². The quantitative estimate of drug-likeness (QED) is 0.461. The van der Waals surface area contributed by atoms with Gasteiger partial charge in [0.05, 0.1) is 21.8 Å². The average molecular weight is 486 g/mol. The summed E-state index contributed by atoms with van der Waals surface area (Å²) >= 11 is 7.31. The summed E-state index contributed by atoms with van der Waals surface area (Å²) in [6.07, 6.45) is 1.82. The molecule has 0 bridgehead atoms. The van der Waals surface area contributed by atoms with Gasteiger partial charge in [-0.3, -0.25) is 14.2 Å². The van der Waals surface area contributed by atoms with E-state index in [0.717, 1.165) is 11.1 Å². The molecule has 5 nitrogen and oxygen atoms in total. The van der Waals surface area contributed by atoms with E-state index in [-0.39, 0.29) is 11.5 Å². The smallest absolute Gasteiger partial charge is 0.271 e. The Kier molecular flexibility index (Phi) is 6.01. The fraction of sp³-hybridized carbons (Fsp3) is 0.0741. The number of para-hydroxylation sites is 1. The minimum Gasteiger partial charge on any atom is -0.322 e. The maximum atomic E-state index is 13.6. The zero-order valence-electron chi connectivity index (χ0n) is 18.2. The molecule has 3 aromatic carbocycles. The number of thiazole rings is 1. The molecular formula is C27H20ClN3O2S. The van der Waals surface area contributed by atoms with Crippen LogP contribution in [0.25, 0.3) is 6.08 Å². The van der Waals surface area contributed by atoms with Crippen LogP contribution in [0.15, 0.2) is 106 Å². The largest absolute Gasteiger partial charge is 0.322 e. The van der Waals surface area contributed by atoms with Crippen molar-refractivity contribution in [2.75, 3.05) is 5.32 Å². The number of carbonyl (C=O) groups is 1. The van der Waals surface area contributed by atoms with E-state index in [1.54, 1.807) is 16.7 Å². The van der Waals surface area contributed by atoms with Gasteiger partial charge in [-0.25, -0.2) is 4.99 Å².